The van der Waals surface area contributed by atoms with Crippen LogP contribution in [0.4, 0.5) is 5.00 Å². The SMILES string of the molecule is BrNc1sccc1Br. The van der Waals surface area contributed by atoms with Crippen LogP contribution in [-0.4, -0.2) is 0 Å². The fraction of sp³-hybridized carbons (Fsp3) is 0. The molecule has 1 rings (SSSR count). The number of halogens is 2. The van der Waals surface area contributed by atoms with E-state index in [0.29, 0.717) is 0 Å². The number of rotatable bonds is 1. The molecular formula is C4H3Br2NS. The van der Waals surface area contributed by atoms with Gasteiger partial charge in [0.15, 0.2) is 0 Å². The summed E-state index contributed by atoms with van der Waals surface area (Å²) >= 11 is 8.11. The van der Waals surface area contributed by atoms with E-state index in [2.05, 4.69) is 36.4 Å². The second-order valence-electron chi connectivity index (χ2n) is 1.19. The van der Waals surface area contributed by atoms with Gasteiger partial charge in [-0.1, -0.05) is 0 Å². The summed E-state index contributed by atoms with van der Waals surface area (Å²) in [6, 6.07) is 1.99. The highest BCUT2D eigenvalue weighted by Gasteiger charge is 1.95. The van der Waals surface area contributed by atoms with Gasteiger partial charge in [0.2, 0.25) is 0 Å². The van der Waals surface area contributed by atoms with Crippen LogP contribution in [0.3, 0.4) is 0 Å². The molecule has 0 aliphatic carbocycles. The Hall–Kier alpha value is 0.460. The maximum atomic E-state index is 3.34. The first-order chi connectivity index (χ1) is 3.84. The second-order valence-corrected chi connectivity index (χ2v) is 3.36. The fourth-order valence-electron chi connectivity index (χ4n) is 0.361. The normalized spacial score (nSPS) is 9.25. The molecular weight excluding hydrogens is 254 g/mol. The first-order valence-corrected chi connectivity index (χ1v) is 4.41. The van der Waals surface area contributed by atoms with Crippen molar-refractivity contribution in [1.29, 1.82) is 0 Å². The predicted molar refractivity (Wildman–Crippen MR) is 44.6 cm³/mol. The Morgan fingerprint density at radius 2 is 2.38 bits per heavy atom. The smallest absolute Gasteiger partial charge is 0.113 e. The van der Waals surface area contributed by atoms with Crippen molar-refractivity contribution >= 4 is 48.4 Å². The van der Waals surface area contributed by atoms with Gasteiger partial charge >= 0.3 is 0 Å². The third kappa shape index (κ3) is 1.24. The van der Waals surface area contributed by atoms with Crippen molar-refractivity contribution in [1.82, 2.24) is 0 Å². The first kappa shape index (κ1) is 6.58. The molecule has 4 heteroatoms. The Labute approximate surface area is 68.6 Å². The zero-order valence-corrected chi connectivity index (χ0v) is 7.81. The van der Waals surface area contributed by atoms with Crippen molar-refractivity contribution in [3.8, 4) is 0 Å². The minimum atomic E-state index is 1.10. The van der Waals surface area contributed by atoms with E-state index >= 15 is 0 Å². The third-order valence-corrected chi connectivity index (χ3v) is 3.12. The minimum Gasteiger partial charge on any atom is -0.313 e. The van der Waals surface area contributed by atoms with Gasteiger partial charge in [-0.2, -0.15) is 0 Å². The zero-order valence-electron chi connectivity index (χ0n) is 3.82. The Bertz CT molecular complexity index is 174. The Morgan fingerprint density at radius 3 is 2.62 bits per heavy atom. The van der Waals surface area contributed by atoms with E-state index in [9.17, 15) is 0 Å². The van der Waals surface area contributed by atoms with E-state index in [1.807, 2.05) is 11.4 Å². The molecule has 0 radical (unpaired) electrons. The van der Waals surface area contributed by atoms with Crippen LogP contribution in [0.2, 0.25) is 0 Å². The maximum Gasteiger partial charge on any atom is 0.113 e. The summed E-state index contributed by atoms with van der Waals surface area (Å²) in [6.07, 6.45) is 0. The molecule has 44 valence electrons. The Morgan fingerprint density at radius 1 is 1.62 bits per heavy atom. The topological polar surface area (TPSA) is 12.0 Å². The Balaban J connectivity index is 2.92. The minimum absolute atomic E-state index is 1.10. The van der Waals surface area contributed by atoms with Crippen LogP contribution in [-0.2, 0) is 0 Å². The first-order valence-electron chi connectivity index (χ1n) is 1.94. The van der Waals surface area contributed by atoms with Gasteiger partial charge in [0.1, 0.15) is 5.00 Å². The lowest BCUT2D eigenvalue weighted by Crippen LogP contribution is -1.69. The number of hydrogen-bond acceptors (Lipinski definition) is 2. The number of hydrogen-bond donors (Lipinski definition) is 1. The second kappa shape index (κ2) is 2.85. The van der Waals surface area contributed by atoms with E-state index < -0.39 is 0 Å². The molecule has 0 fully saturated rings. The van der Waals surface area contributed by atoms with Crippen molar-refractivity contribution in [3.63, 3.8) is 0 Å². The van der Waals surface area contributed by atoms with Crippen LogP contribution < -0.4 is 4.34 Å². The lowest BCUT2D eigenvalue weighted by Gasteiger charge is -1.88. The van der Waals surface area contributed by atoms with Crippen LogP contribution >= 0.6 is 43.4 Å². The summed E-state index contributed by atoms with van der Waals surface area (Å²) in [7, 11) is 0. The molecule has 0 atom stereocenters. The third-order valence-electron chi connectivity index (χ3n) is 0.703. The van der Waals surface area contributed by atoms with Crippen molar-refractivity contribution in [3.05, 3.63) is 15.9 Å². The van der Waals surface area contributed by atoms with Gasteiger partial charge in [0, 0.05) is 16.1 Å². The molecule has 0 aliphatic rings. The zero-order chi connectivity index (χ0) is 5.98. The van der Waals surface area contributed by atoms with Crippen LogP contribution in [0.1, 0.15) is 0 Å². The number of anilines is 1. The van der Waals surface area contributed by atoms with Crippen LogP contribution in [0.5, 0.6) is 0 Å². The van der Waals surface area contributed by atoms with Crippen molar-refractivity contribution in [2.45, 2.75) is 0 Å². The Kier molecular flexibility index (Phi) is 2.34. The molecule has 0 spiro atoms. The molecule has 0 saturated carbocycles. The monoisotopic (exact) mass is 255 g/mol. The van der Waals surface area contributed by atoms with Gasteiger partial charge in [0.25, 0.3) is 0 Å². The highest BCUT2D eigenvalue weighted by Crippen LogP contribution is 2.28. The van der Waals surface area contributed by atoms with E-state index in [0.717, 1.165) is 9.47 Å². The molecule has 0 saturated heterocycles. The summed E-state index contributed by atoms with van der Waals surface area (Å²) in [6.45, 7) is 0. The van der Waals surface area contributed by atoms with Gasteiger partial charge in [0.05, 0.1) is 4.47 Å². The highest BCUT2D eigenvalue weighted by atomic mass is 79.9. The standard InChI is InChI=1S/C4H3Br2NS/c5-3-1-2-8-4(3)7-6/h1-2,7H. The summed E-state index contributed by atoms with van der Waals surface area (Å²) in [4.78, 5) is 0. The van der Waals surface area contributed by atoms with Crippen molar-refractivity contribution in [2.75, 3.05) is 4.34 Å². The highest BCUT2D eigenvalue weighted by molar-refractivity contribution is 9.11. The largest absolute Gasteiger partial charge is 0.313 e. The summed E-state index contributed by atoms with van der Waals surface area (Å²) in [5.74, 6) is 0. The molecule has 1 heterocycles. The van der Waals surface area contributed by atoms with E-state index in [1.54, 1.807) is 11.3 Å². The molecule has 8 heavy (non-hydrogen) atoms. The van der Waals surface area contributed by atoms with Crippen LogP contribution in [0.25, 0.3) is 0 Å². The lowest BCUT2D eigenvalue weighted by molar-refractivity contribution is 1.85. The summed E-state index contributed by atoms with van der Waals surface area (Å²) in [5, 5.41) is 3.11. The molecule has 0 aliphatic heterocycles. The molecule has 1 aromatic heterocycles. The average molecular weight is 257 g/mol. The van der Waals surface area contributed by atoms with Gasteiger partial charge in [-0.05, 0) is 27.4 Å². The molecule has 1 N–H and O–H groups in total. The summed E-state index contributed by atoms with van der Waals surface area (Å²) in [5.41, 5.74) is 0. The lowest BCUT2D eigenvalue weighted by atomic mass is 10.6. The predicted octanol–water partition coefficient (Wildman–Crippen LogP) is 3.23. The summed E-state index contributed by atoms with van der Waals surface area (Å²) < 4.78 is 3.96. The molecule has 1 aromatic rings. The van der Waals surface area contributed by atoms with E-state index in [1.165, 1.54) is 0 Å². The molecule has 1 nitrogen and oxygen atoms in total. The van der Waals surface area contributed by atoms with Crippen LogP contribution in [0, 0.1) is 0 Å². The van der Waals surface area contributed by atoms with Gasteiger partial charge in [-0.3, -0.25) is 0 Å². The average Bonchev–Trinajstić information content (AvgIpc) is 2.14. The fourth-order valence-corrected chi connectivity index (χ4v) is 2.37. The van der Waals surface area contributed by atoms with Gasteiger partial charge in [-0.25, -0.2) is 0 Å². The van der Waals surface area contributed by atoms with Gasteiger partial charge in [-0.15, -0.1) is 11.3 Å². The molecule has 0 bridgehead atoms. The maximum absolute atomic E-state index is 3.34. The number of thiophene rings is 1. The van der Waals surface area contributed by atoms with Crippen molar-refractivity contribution < 1.29 is 0 Å². The van der Waals surface area contributed by atoms with Crippen LogP contribution in [0.15, 0.2) is 15.9 Å². The van der Waals surface area contributed by atoms with E-state index in [-0.39, 0.29) is 0 Å². The molecule has 0 unspecified atom stereocenters. The van der Waals surface area contributed by atoms with Gasteiger partial charge < -0.3 is 4.34 Å². The molecule has 0 amide bonds. The van der Waals surface area contributed by atoms with E-state index in [4.69, 9.17) is 0 Å². The quantitative estimate of drug-likeness (QED) is 0.761. The number of nitrogens with one attached hydrogen (secondary N) is 1. The van der Waals surface area contributed by atoms with Crippen molar-refractivity contribution in [2.24, 2.45) is 0 Å². The molecule has 0 aromatic carbocycles.